The van der Waals surface area contributed by atoms with Crippen LogP contribution in [0.15, 0.2) is 22.7 Å². The zero-order valence-corrected chi connectivity index (χ0v) is 11.3. The summed E-state index contributed by atoms with van der Waals surface area (Å²) in [5.74, 6) is 3.03. The van der Waals surface area contributed by atoms with Gasteiger partial charge in [0, 0.05) is 12.7 Å². The molecule has 16 heavy (non-hydrogen) atoms. The van der Waals surface area contributed by atoms with Gasteiger partial charge in [-0.3, -0.25) is 0 Å². The number of hydrogen-bond acceptors (Lipinski definition) is 4. The summed E-state index contributed by atoms with van der Waals surface area (Å²) in [5, 5.41) is 3.19. The number of nitrogens with zero attached hydrogens (tertiary/aromatic N) is 2. The standard InChI is InChI=1S/C11H12IN3O/c1-3-13-10-8(12)6-14-11(15-10)9-5-4-7(2)16-9/h4-6H,3H2,1-2H3,(H,13,14,15). The average Bonchev–Trinajstić information content (AvgIpc) is 2.69. The van der Waals surface area contributed by atoms with Gasteiger partial charge >= 0.3 is 0 Å². The second kappa shape index (κ2) is 4.82. The number of aromatic nitrogens is 2. The summed E-state index contributed by atoms with van der Waals surface area (Å²) in [7, 11) is 0. The van der Waals surface area contributed by atoms with Crippen molar-refractivity contribution in [3.8, 4) is 11.6 Å². The molecule has 2 heterocycles. The van der Waals surface area contributed by atoms with Gasteiger partial charge in [-0.2, -0.15) is 0 Å². The SMILES string of the molecule is CCNc1nc(-c2ccc(C)o2)ncc1I. The Kier molecular flexibility index (Phi) is 3.42. The molecule has 5 heteroatoms. The van der Waals surface area contributed by atoms with E-state index in [0.717, 1.165) is 21.7 Å². The zero-order valence-electron chi connectivity index (χ0n) is 9.12. The van der Waals surface area contributed by atoms with Crippen LogP contribution in [0.1, 0.15) is 12.7 Å². The first-order chi connectivity index (χ1) is 7.70. The Morgan fingerprint density at radius 1 is 1.44 bits per heavy atom. The first-order valence-electron chi connectivity index (χ1n) is 5.04. The normalized spacial score (nSPS) is 10.4. The minimum Gasteiger partial charge on any atom is -0.458 e. The Balaban J connectivity index is 2.39. The van der Waals surface area contributed by atoms with E-state index in [4.69, 9.17) is 4.42 Å². The van der Waals surface area contributed by atoms with Crippen molar-refractivity contribution in [1.29, 1.82) is 0 Å². The second-order valence-corrected chi connectivity index (χ2v) is 4.49. The van der Waals surface area contributed by atoms with E-state index in [1.54, 1.807) is 6.20 Å². The minimum absolute atomic E-state index is 0.615. The Morgan fingerprint density at radius 3 is 2.88 bits per heavy atom. The van der Waals surface area contributed by atoms with Gasteiger partial charge in [0.1, 0.15) is 11.6 Å². The van der Waals surface area contributed by atoms with Crippen molar-refractivity contribution in [3.05, 3.63) is 27.7 Å². The molecule has 84 valence electrons. The lowest BCUT2D eigenvalue weighted by Crippen LogP contribution is -2.03. The third kappa shape index (κ3) is 2.34. The number of nitrogens with one attached hydrogen (secondary N) is 1. The zero-order chi connectivity index (χ0) is 11.5. The van der Waals surface area contributed by atoms with E-state index >= 15 is 0 Å². The largest absolute Gasteiger partial charge is 0.458 e. The Labute approximate surface area is 108 Å². The molecule has 0 aliphatic heterocycles. The monoisotopic (exact) mass is 329 g/mol. The van der Waals surface area contributed by atoms with Crippen molar-refractivity contribution in [2.45, 2.75) is 13.8 Å². The lowest BCUT2D eigenvalue weighted by Gasteiger charge is -2.05. The fourth-order valence-corrected chi connectivity index (χ4v) is 1.78. The van der Waals surface area contributed by atoms with Gasteiger partial charge in [-0.15, -0.1) is 0 Å². The molecule has 0 aliphatic rings. The lowest BCUT2D eigenvalue weighted by molar-refractivity contribution is 0.544. The van der Waals surface area contributed by atoms with Crippen molar-refractivity contribution in [2.75, 3.05) is 11.9 Å². The third-order valence-electron chi connectivity index (χ3n) is 2.05. The summed E-state index contributed by atoms with van der Waals surface area (Å²) < 4.78 is 6.49. The quantitative estimate of drug-likeness (QED) is 0.880. The Bertz CT molecular complexity index is 496. The topological polar surface area (TPSA) is 51.0 Å². The van der Waals surface area contributed by atoms with Gasteiger partial charge in [0.05, 0.1) is 3.57 Å². The van der Waals surface area contributed by atoms with Gasteiger partial charge in [0.2, 0.25) is 0 Å². The minimum atomic E-state index is 0.615. The molecule has 0 spiro atoms. The summed E-state index contributed by atoms with van der Waals surface area (Å²) >= 11 is 2.21. The highest BCUT2D eigenvalue weighted by molar-refractivity contribution is 14.1. The van der Waals surface area contributed by atoms with Crippen LogP contribution in [0.3, 0.4) is 0 Å². The molecule has 0 fully saturated rings. The molecule has 1 N–H and O–H groups in total. The molecule has 2 aromatic rings. The highest BCUT2D eigenvalue weighted by Gasteiger charge is 2.09. The number of aryl methyl sites for hydroxylation is 1. The second-order valence-electron chi connectivity index (χ2n) is 3.33. The van der Waals surface area contributed by atoms with E-state index in [1.807, 2.05) is 26.0 Å². The highest BCUT2D eigenvalue weighted by Crippen LogP contribution is 2.21. The maximum Gasteiger partial charge on any atom is 0.197 e. The molecule has 2 rings (SSSR count). The Hall–Kier alpha value is -1.11. The predicted octanol–water partition coefficient (Wildman–Crippen LogP) is 3.08. The molecule has 0 radical (unpaired) electrons. The molecule has 0 saturated carbocycles. The van der Waals surface area contributed by atoms with Gasteiger partial charge in [-0.25, -0.2) is 9.97 Å². The van der Waals surface area contributed by atoms with Gasteiger partial charge < -0.3 is 9.73 Å². The molecule has 0 aromatic carbocycles. The maximum absolute atomic E-state index is 5.49. The van der Waals surface area contributed by atoms with Crippen LogP contribution in [-0.4, -0.2) is 16.5 Å². The van der Waals surface area contributed by atoms with E-state index in [-0.39, 0.29) is 0 Å². The van der Waals surface area contributed by atoms with Crippen LogP contribution in [0.4, 0.5) is 5.82 Å². The summed E-state index contributed by atoms with van der Waals surface area (Å²) in [5.41, 5.74) is 0. The first kappa shape index (κ1) is 11.4. The van der Waals surface area contributed by atoms with Crippen LogP contribution in [-0.2, 0) is 0 Å². The lowest BCUT2D eigenvalue weighted by atomic mass is 10.4. The third-order valence-corrected chi connectivity index (χ3v) is 2.84. The molecule has 0 saturated heterocycles. The fraction of sp³-hybridized carbons (Fsp3) is 0.273. The molecule has 4 nitrogen and oxygen atoms in total. The molecular formula is C11H12IN3O. The van der Waals surface area contributed by atoms with Crippen LogP contribution < -0.4 is 5.32 Å². The van der Waals surface area contributed by atoms with Crippen molar-refractivity contribution in [1.82, 2.24) is 9.97 Å². The van der Waals surface area contributed by atoms with Gasteiger partial charge in [-0.05, 0) is 48.6 Å². The number of furan rings is 1. The molecule has 0 atom stereocenters. The van der Waals surface area contributed by atoms with Crippen LogP contribution in [0.5, 0.6) is 0 Å². The Morgan fingerprint density at radius 2 is 2.25 bits per heavy atom. The number of rotatable bonds is 3. The number of anilines is 1. The van der Waals surface area contributed by atoms with Crippen LogP contribution in [0.2, 0.25) is 0 Å². The van der Waals surface area contributed by atoms with E-state index in [0.29, 0.717) is 11.6 Å². The van der Waals surface area contributed by atoms with E-state index in [2.05, 4.69) is 37.9 Å². The molecular weight excluding hydrogens is 317 g/mol. The van der Waals surface area contributed by atoms with Crippen molar-refractivity contribution >= 4 is 28.4 Å². The van der Waals surface area contributed by atoms with Crippen LogP contribution in [0, 0.1) is 10.5 Å². The molecule has 0 unspecified atom stereocenters. The van der Waals surface area contributed by atoms with Crippen LogP contribution >= 0.6 is 22.6 Å². The summed E-state index contributed by atoms with van der Waals surface area (Å²) in [6.07, 6.45) is 1.79. The highest BCUT2D eigenvalue weighted by atomic mass is 127. The molecule has 0 aliphatic carbocycles. The summed E-state index contributed by atoms with van der Waals surface area (Å²) in [6.45, 7) is 4.78. The van der Waals surface area contributed by atoms with E-state index in [9.17, 15) is 0 Å². The van der Waals surface area contributed by atoms with Crippen molar-refractivity contribution in [2.24, 2.45) is 0 Å². The number of halogens is 1. The molecule has 0 bridgehead atoms. The summed E-state index contributed by atoms with van der Waals surface area (Å²) in [4.78, 5) is 8.67. The van der Waals surface area contributed by atoms with Gasteiger partial charge in [-0.1, -0.05) is 0 Å². The smallest absolute Gasteiger partial charge is 0.197 e. The predicted molar refractivity (Wildman–Crippen MR) is 71.4 cm³/mol. The van der Waals surface area contributed by atoms with E-state index < -0.39 is 0 Å². The van der Waals surface area contributed by atoms with Crippen molar-refractivity contribution < 1.29 is 4.42 Å². The summed E-state index contributed by atoms with van der Waals surface area (Å²) in [6, 6.07) is 3.79. The average molecular weight is 329 g/mol. The van der Waals surface area contributed by atoms with Gasteiger partial charge in [0.15, 0.2) is 11.6 Å². The molecule has 2 aromatic heterocycles. The van der Waals surface area contributed by atoms with Crippen LogP contribution in [0.25, 0.3) is 11.6 Å². The molecule has 0 amide bonds. The van der Waals surface area contributed by atoms with E-state index in [1.165, 1.54) is 0 Å². The van der Waals surface area contributed by atoms with Gasteiger partial charge in [0.25, 0.3) is 0 Å². The first-order valence-corrected chi connectivity index (χ1v) is 6.12. The van der Waals surface area contributed by atoms with Crippen molar-refractivity contribution in [3.63, 3.8) is 0 Å². The number of hydrogen-bond donors (Lipinski definition) is 1. The fourth-order valence-electron chi connectivity index (χ4n) is 1.33. The maximum atomic E-state index is 5.49.